The van der Waals surface area contributed by atoms with Crippen LogP contribution in [0.3, 0.4) is 0 Å². The fraction of sp³-hybridized carbons (Fsp3) is 0.706. The van der Waals surface area contributed by atoms with Gasteiger partial charge in [0.05, 0.1) is 5.41 Å². The van der Waals surface area contributed by atoms with Crippen LogP contribution in [-0.4, -0.2) is 11.1 Å². The second-order valence-electron chi connectivity index (χ2n) is 7.17. The Morgan fingerprint density at radius 2 is 1.84 bits per heavy atom. The fourth-order valence-electron chi connectivity index (χ4n) is 4.40. The van der Waals surface area contributed by atoms with Gasteiger partial charge in [0.25, 0.3) is 0 Å². The number of rotatable bonds is 1. The Morgan fingerprint density at radius 3 is 2.11 bits per heavy atom. The van der Waals surface area contributed by atoms with Crippen molar-refractivity contribution in [1.29, 1.82) is 0 Å². The van der Waals surface area contributed by atoms with E-state index in [2.05, 4.69) is 31.2 Å². The standard InChI is InChI=1S/C9H12O2.C8H12/c1-9(8(10)11)5-6-2-3-7(9)4-6;1-6-4-7-2-3-8(6)5-7/h2-3,6-7H,4-5H2,1H3,(H,10,11);2-3,6-8H,4-5H2,1H3. The van der Waals surface area contributed by atoms with Crippen LogP contribution in [0.5, 0.6) is 0 Å². The first-order valence-electron chi connectivity index (χ1n) is 7.59. The summed E-state index contributed by atoms with van der Waals surface area (Å²) in [7, 11) is 0. The molecule has 0 saturated heterocycles. The zero-order valence-corrected chi connectivity index (χ0v) is 11.9. The van der Waals surface area contributed by atoms with Crippen LogP contribution in [0.15, 0.2) is 24.3 Å². The van der Waals surface area contributed by atoms with Gasteiger partial charge < -0.3 is 5.11 Å². The van der Waals surface area contributed by atoms with E-state index in [4.69, 9.17) is 5.11 Å². The van der Waals surface area contributed by atoms with Crippen molar-refractivity contribution in [2.45, 2.75) is 39.5 Å². The number of aliphatic carboxylic acids is 1. The molecular weight excluding hydrogens is 236 g/mol. The number of allylic oxidation sites excluding steroid dienone is 4. The minimum atomic E-state index is -0.630. The Morgan fingerprint density at radius 1 is 1.11 bits per heavy atom. The maximum Gasteiger partial charge on any atom is 0.309 e. The van der Waals surface area contributed by atoms with Crippen molar-refractivity contribution < 1.29 is 9.90 Å². The molecule has 4 rings (SSSR count). The van der Waals surface area contributed by atoms with E-state index < -0.39 is 11.4 Å². The summed E-state index contributed by atoms with van der Waals surface area (Å²) in [5.41, 5.74) is -0.459. The Bertz CT molecular complexity index is 437. The lowest BCUT2D eigenvalue weighted by molar-refractivity contribution is -0.149. The lowest BCUT2D eigenvalue weighted by Crippen LogP contribution is -2.31. The summed E-state index contributed by atoms with van der Waals surface area (Å²) in [6.45, 7) is 4.23. The Labute approximate surface area is 115 Å². The summed E-state index contributed by atoms with van der Waals surface area (Å²) < 4.78 is 0. The van der Waals surface area contributed by atoms with Gasteiger partial charge in [-0.2, -0.15) is 0 Å². The summed E-state index contributed by atoms with van der Waals surface area (Å²) in [5, 5.41) is 8.96. The summed E-state index contributed by atoms with van der Waals surface area (Å²) in [6.07, 6.45) is 13.8. The first-order valence-corrected chi connectivity index (χ1v) is 7.59. The van der Waals surface area contributed by atoms with Crippen molar-refractivity contribution in [3.05, 3.63) is 24.3 Å². The largest absolute Gasteiger partial charge is 0.481 e. The summed E-state index contributed by atoms with van der Waals surface area (Å²) in [5.74, 6) is 3.13. The number of carbonyl (C=O) groups is 1. The molecule has 4 aliphatic carbocycles. The number of carboxylic acid groups (broad SMARTS) is 1. The van der Waals surface area contributed by atoms with E-state index in [1.54, 1.807) is 0 Å². The van der Waals surface area contributed by atoms with E-state index in [-0.39, 0.29) is 0 Å². The van der Waals surface area contributed by atoms with Gasteiger partial charge >= 0.3 is 5.97 Å². The number of hydrogen-bond acceptors (Lipinski definition) is 1. The van der Waals surface area contributed by atoms with E-state index in [9.17, 15) is 4.79 Å². The molecule has 1 N–H and O–H groups in total. The van der Waals surface area contributed by atoms with E-state index in [1.165, 1.54) is 12.8 Å². The minimum absolute atomic E-state index is 0.296. The van der Waals surface area contributed by atoms with Crippen molar-refractivity contribution in [3.8, 4) is 0 Å². The van der Waals surface area contributed by atoms with E-state index in [1.807, 2.05) is 6.92 Å². The third kappa shape index (κ3) is 2.15. The first-order chi connectivity index (χ1) is 8.99. The monoisotopic (exact) mass is 260 g/mol. The molecule has 2 nitrogen and oxygen atoms in total. The van der Waals surface area contributed by atoms with Crippen LogP contribution in [0.4, 0.5) is 0 Å². The highest BCUT2D eigenvalue weighted by Gasteiger charge is 2.50. The van der Waals surface area contributed by atoms with Crippen LogP contribution in [0, 0.1) is 35.0 Å². The minimum Gasteiger partial charge on any atom is -0.481 e. The molecule has 0 aliphatic heterocycles. The van der Waals surface area contributed by atoms with Crippen molar-refractivity contribution in [1.82, 2.24) is 0 Å². The molecule has 2 heteroatoms. The van der Waals surface area contributed by atoms with Crippen molar-refractivity contribution in [2.75, 3.05) is 0 Å². The van der Waals surface area contributed by atoms with Crippen molar-refractivity contribution in [3.63, 3.8) is 0 Å². The molecule has 19 heavy (non-hydrogen) atoms. The third-order valence-electron chi connectivity index (χ3n) is 5.78. The van der Waals surface area contributed by atoms with Gasteiger partial charge in [0, 0.05) is 0 Å². The number of hydrogen-bond donors (Lipinski definition) is 1. The van der Waals surface area contributed by atoms with Crippen LogP contribution in [-0.2, 0) is 4.79 Å². The fourth-order valence-corrected chi connectivity index (χ4v) is 4.40. The number of carboxylic acids is 1. The van der Waals surface area contributed by atoms with E-state index in [0.29, 0.717) is 11.8 Å². The predicted molar refractivity (Wildman–Crippen MR) is 75.6 cm³/mol. The SMILES string of the molecule is CC1(C(=O)O)CC2C=CC1C2.CC1CC2C=CC1C2. The number of fused-ring (bicyclic) bond motifs is 4. The Hall–Kier alpha value is -1.05. The average molecular weight is 260 g/mol. The molecule has 6 unspecified atom stereocenters. The van der Waals surface area contributed by atoms with Crippen LogP contribution in [0.25, 0.3) is 0 Å². The van der Waals surface area contributed by atoms with Gasteiger partial charge in [0.1, 0.15) is 0 Å². The van der Waals surface area contributed by atoms with Crippen LogP contribution < -0.4 is 0 Å². The highest BCUT2D eigenvalue weighted by Crippen LogP contribution is 2.51. The van der Waals surface area contributed by atoms with Gasteiger partial charge in [-0.15, -0.1) is 0 Å². The molecule has 0 amide bonds. The smallest absolute Gasteiger partial charge is 0.309 e. The molecule has 0 aromatic heterocycles. The lowest BCUT2D eigenvalue weighted by atomic mass is 9.78. The van der Waals surface area contributed by atoms with Crippen LogP contribution in [0.2, 0.25) is 0 Å². The normalized spacial score (nSPS) is 48.4. The van der Waals surface area contributed by atoms with E-state index >= 15 is 0 Å². The molecule has 0 heterocycles. The zero-order chi connectivity index (χ0) is 13.6. The quantitative estimate of drug-likeness (QED) is 0.726. The summed E-state index contributed by atoms with van der Waals surface area (Å²) in [6, 6.07) is 0. The molecule has 4 aliphatic rings. The Kier molecular flexibility index (Phi) is 3.07. The van der Waals surface area contributed by atoms with Crippen LogP contribution in [0.1, 0.15) is 39.5 Å². The lowest BCUT2D eigenvalue weighted by Gasteiger charge is -2.25. The molecular formula is C17H24O2. The molecule has 2 fully saturated rings. The Balaban J connectivity index is 0.000000122. The van der Waals surface area contributed by atoms with Gasteiger partial charge in [-0.1, -0.05) is 31.2 Å². The van der Waals surface area contributed by atoms with Gasteiger partial charge in [-0.05, 0) is 62.2 Å². The van der Waals surface area contributed by atoms with Gasteiger partial charge in [-0.25, -0.2) is 0 Å². The molecule has 2 saturated carbocycles. The molecule has 104 valence electrons. The van der Waals surface area contributed by atoms with Crippen molar-refractivity contribution >= 4 is 5.97 Å². The summed E-state index contributed by atoms with van der Waals surface area (Å²) in [4.78, 5) is 10.9. The first kappa shape index (κ1) is 13.0. The molecule has 0 spiro atoms. The van der Waals surface area contributed by atoms with Gasteiger partial charge in [0.15, 0.2) is 0 Å². The molecule has 0 aromatic rings. The second kappa shape index (κ2) is 4.50. The van der Waals surface area contributed by atoms with E-state index in [0.717, 1.165) is 30.6 Å². The topological polar surface area (TPSA) is 37.3 Å². The average Bonchev–Trinajstić information content (AvgIpc) is 3.07. The van der Waals surface area contributed by atoms with Gasteiger partial charge in [0.2, 0.25) is 0 Å². The molecule has 0 radical (unpaired) electrons. The van der Waals surface area contributed by atoms with Gasteiger partial charge in [-0.3, -0.25) is 4.79 Å². The highest BCUT2D eigenvalue weighted by molar-refractivity contribution is 5.76. The zero-order valence-electron chi connectivity index (χ0n) is 11.9. The molecule has 0 aromatic carbocycles. The second-order valence-corrected chi connectivity index (χ2v) is 7.17. The summed E-state index contributed by atoms with van der Waals surface area (Å²) >= 11 is 0. The van der Waals surface area contributed by atoms with Crippen molar-refractivity contribution in [2.24, 2.45) is 35.0 Å². The van der Waals surface area contributed by atoms with Crippen LogP contribution >= 0.6 is 0 Å². The molecule has 6 atom stereocenters. The highest BCUT2D eigenvalue weighted by atomic mass is 16.4. The predicted octanol–water partition coefficient (Wildman–Crippen LogP) is 3.89. The maximum atomic E-state index is 10.9. The third-order valence-corrected chi connectivity index (χ3v) is 5.78. The molecule has 4 bridgehead atoms. The maximum absolute atomic E-state index is 10.9.